The minimum Gasteiger partial charge on any atom is -0.324 e. The Morgan fingerprint density at radius 1 is 1.06 bits per heavy atom. The number of hydrogen-bond donors (Lipinski definition) is 2. The van der Waals surface area contributed by atoms with Crippen LogP contribution < -0.4 is 5.32 Å². The molecule has 33 heavy (non-hydrogen) atoms. The Hall–Kier alpha value is -3.82. The molecule has 1 fully saturated rings. The number of tetrazole rings is 1. The molecule has 0 bridgehead atoms. The van der Waals surface area contributed by atoms with E-state index < -0.39 is 0 Å². The van der Waals surface area contributed by atoms with Crippen LogP contribution in [0.5, 0.6) is 0 Å². The standard InChI is InChI=1S/C23H28N8O2/c1-3-5-7-20-24-14-18(13-19-22(32)25-23(33)30(19)12-6-4-2)31(20)15-16-8-10-17(11-9-16)21-26-28-29-27-21/h8-11,13-14H,3-7,12,15H2,1-2H3,(H,25,32,33)(H,26,27,28,29)/b19-13-. The number of imide groups is 1. The lowest BCUT2D eigenvalue weighted by Gasteiger charge is -2.15. The number of H-pyrrole nitrogens is 1. The smallest absolute Gasteiger partial charge is 0.324 e. The number of hydrogen-bond acceptors (Lipinski definition) is 6. The summed E-state index contributed by atoms with van der Waals surface area (Å²) in [6.45, 7) is 5.30. The number of nitrogens with one attached hydrogen (secondary N) is 2. The van der Waals surface area contributed by atoms with Crippen molar-refractivity contribution in [3.63, 3.8) is 0 Å². The Balaban J connectivity index is 1.64. The van der Waals surface area contributed by atoms with Crippen LogP contribution >= 0.6 is 0 Å². The summed E-state index contributed by atoms with van der Waals surface area (Å²) >= 11 is 0. The van der Waals surface area contributed by atoms with Gasteiger partial charge < -0.3 is 4.57 Å². The van der Waals surface area contributed by atoms with E-state index in [9.17, 15) is 9.59 Å². The number of carbonyl (C=O) groups excluding carboxylic acids is 2. The number of urea groups is 1. The summed E-state index contributed by atoms with van der Waals surface area (Å²) in [6.07, 6.45) is 8.23. The fourth-order valence-corrected chi connectivity index (χ4v) is 3.78. The highest BCUT2D eigenvalue weighted by atomic mass is 16.2. The molecule has 0 spiro atoms. The minimum absolute atomic E-state index is 0.366. The first-order valence-corrected chi connectivity index (χ1v) is 11.3. The number of benzene rings is 1. The summed E-state index contributed by atoms with van der Waals surface area (Å²) < 4.78 is 2.11. The molecule has 10 nitrogen and oxygen atoms in total. The monoisotopic (exact) mass is 448 g/mol. The molecule has 0 aliphatic carbocycles. The maximum atomic E-state index is 12.5. The molecule has 10 heteroatoms. The number of aromatic nitrogens is 6. The second-order valence-electron chi connectivity index (χ2n) is 8.03. The van der Waals surface area contributed by atoms with Gasteiger partial charge in [-0.15, -0.1) is 5.10 Å². The highest BCUT2D eigenvalue weighted by molar-refractivity contribution is 6.13. The minimum atomic E-state index is -0.371. The van der Waals surface area contributed by atoms with Crippen LogP contribution in [0.4, 0.5) is 4.79 Å². The molecule has 3 amide bonds. The Morgan fingerprint density at radius 2 is 1.85 bits per heavy atom. The molecule has 3 aromatic rings. The first kappa shape index (κ1) is 22.4. The van der Waals surface area contributed by atoms with Gasteiger partial charge in [-0.05, 0) is 34.9 Å². The summed E-state index contributed by atoms with van der Waals surface area (Å²) in [7, 11) is 0. The van der Waals surface area contributed by atoms with E-state index in [0.29, 0.717) is 24.6 Å². The molecule has 0 saturated carbocycles. The fraction of sp³-hybridized carbons (Fsp3) is 0.391. The van der Waals surface area contributed by atoms with Gasteiger partial charge in [-0.3, -0.25) is 15.0 Å². The number of rotatable bonds is 10. The SMILES string of the molecule is CCCCc1ncc(/C=C2/C(=O)NC(=O)N2CCCC)n1Cc1ccc(-c2nnn[nH]2)cc1. The number of aromatic amines is 1. The second-order valence-corrected chi connectivity index (χ2v) is 8.03. The van der Waals surface area contributed by atoms with Crippen molar-refractivity contribution in [2.24, 2.45) is 0 Å². The van der Waals surface area contributed by atoms with E-state index in [4.69, 9.17) is 0 Å². The number of nitrogens with zero attached hydrogens (tertiary/aromatic N) is 6. The van der Waals surface area contributed by atoms with Gasteiger partial charge in [-0.25, -0.2) is 14.9 Å². The molecule has 1 aromatic carbocycles. The zero-order valence-corrected chi connectivity index (χ0v) is 18.9. The van der Waals surface area contributed by atoms with E-state index >= 15 is 0 Å². The van der Waals surface area contributed by atoms with E-state index in [-0.39, 0.29) is 11.9 Å². The van der Waals surface area contributed by atoms with Gasteiger partial charge in [-0.2, -0.15) is 0 Å². The van der Waals surface area contributed by atoms with Gasteiger partial charge in [0.1, 0.15) is 11.5 Å². The van der Waals surface area contributed by atoms with Crippen LogP contribution in [0.1, 0.15) is 56.6 Å². The average Bonchev–Trinajstić information content (AvgIpc) is 3.54. The van der Waals surface area contributed by atoms with Crippen molar-refractivity contribution in [2.45, 2.75) is 52.5 Å². The molecule has 4 rings (SSSR count). The average molecular weight is 449 g/mol. The number of unbranched alkanes of at least 4 members (excludes halogenated alkanes) is 2. The molecular formula is C23H28N8O2. The van der Waals surface area contributed by atoms with E-state index in [2.05, 4.69) is 49.3 Å². The van der Waals surface area contributed by atoms with Gasteiger partial charge in [0.05, 0.1) is 11.9 Å². The van der Waals surface area contributed by atoms with Crippen LogP contribution in [0.25, 0.3) is 17.5 Å². The fourth-order valence-electron chi connectivity index (χ4n) is 3.78. The summed E-state index contributed by atoms with van der Waals surface area (Å²) in [5.74, 6) is 1.20. The maximum Gasteiger partial charge on any atom is 0.329 e. The lowest BCUT2D eigenvalue weighted by molar-refractivity contribution is -0.116. The highest BCUT2D eigenvalue weighted by Crippen LogP contribution is 2.21. The van der Waals surface area contributed by atoms with Gasteiger partial charge in [0.15, 0.2) is 5.82 Å². The molecule has 1 aliphatic rings. The molecule has 0 radical (unpaired) electrons. The summed E-state index contributed by atoms with van der Waals surface area (Å²) in [4.78, 5) is 30.9. The van der Waals surface area contributed by atoms with Crippen LogP contribution in [0, 0.1) is 0 Å². The van der Waals surface area contributed by atoms with Crippen molar-refractivity contribution in [2.75, 3.05) is 6.54 Å². The van der Waals surface area contributed by atoms with Crippen molar-refractivity contribution < 1.29 is 9.59 Å². The van der Waals surface area contributed by atoms with Crippen molar-refractivity contribution in [3.8, 4) is 11.4 Å². The first-order valence-electron chi connectivity index (χ1n) is 11.3. The van der Waals surface area contributed by atoms with E-state index in [0.717, 1.165) is 54.7 Å². The molecular weight excluding hydrogens is 420 g/mol. The van der Waals surface area contributed by atoms with Crippen LogP contribution in [0.3, 0.4) is 0 Å². The van der Waals surface area contributed by atoms with E-state index in [1.807, 2.05) is 24.3 Å². The number of amides is 3. The Kier molecular flexibility index (Phi) is 6.92. The third-order valence-corrected chi connectivity index (χ3v) is 5.65. The second kappa shape index (κ2) is 10.2. The molecule has 2 aromatic heterocycles. The molecule has 2 N–H and O–H groups in total. The van der Waals surface area contributed by atoms with Crippen molar-refractivity contribution in [3.05, 3.63) is 53.2 Å². The highest BCUT2D eigenvalue weighted by Gasteiger charge is 2.32. The van der Waals surface area contributed by atoms with Crippen LogP contribution in [0.2, 0.25) is 0 Å². The van der Waals surface area contributed by atoms with Gasteiger partial charge in [0.2, 0.25) is 0 Å². The molecule has 0 unspecified atom stereocenters. The number of carbonyl (C=O) groups is 2. The Bertz CT molecular complexity index is 1130. The van der Waals surface area contributed by atoms with Crippen molar-refractivity contribution in [1.29, 1.82) is 0 Å². The van der Waals surface area contributed by atoms with Crippen LogP contribution in [0.15, 0.2) is 36.2 Å². The lowest BCUT2D eigenvalue weighted by Crippen LogP contribution is -2.28. The number of imidazole rings is 1. The summed E-state index contributed by atoms with van der Waals surface area (Å²) in [6, 6.07) is 7.62. The summed E-state index contributed by atoms with van der Waals surface area (Å²) in [5, 5.41) is 16.3. The third-order valence-electron chi connectivity index (χ3n) is 5.65. The van der Waals surface area contributed by atoms with Crippen LogP contribution in [-0.2, 0) is 17.8 Å². The Labute approximate surface area is 192 Å². The number of aryl methyl sites for hydroxylation is 1. The van der Waals surface area contributed by atoms with Gasteiger partial charge in [0.25, 0.3) is 5.91 Å². The van der Waals surface area contributed by atoms with E-state index in [1.54, 1.807) is 12.3 Å². The van der Waals surface area contributed by atoms with Crippen molar-refractivity contribution in [1.82, 2.24) is 40.4 Å². The maximum absolute atomic E-state index is 12.5. The third kappa shape index (κ3) is 5.00. The topological polar surface area (TPSA) is 122 Å². The predicted octanol–water partition coefficient (Wildman–Crippen LogP) is 3.15. The van der Waals surface area contributed by atoms with Crippen LogP contribution in [-0.4, -0.2) is 53.6 Å². The Morgan fingerprint density at radius 3 is 2.55 bits per heavy atom. The molecule has 0 atom stereocenters. The van der Waals surface area contributed by atoms with Gasteiger partial charge >= 0.3 is 6.03 Å². The largest absolute Gasteiger partial charge is 0.329 e. The zero-order valence-electron chi connectivity index (χ0n) is 18.9. The van der Waals surface area contributed by atoms with Gasteiger partial charge in [-0.1, -0.05) is 51.0 Å². The van der Waals surface area contributed by atoms with E-state index in [1.165, 1.54) is 4.90 Å². The van der Waals surface area contributed by atoms with Gasteiger partial charge in [0, 0.05) is 25.1 Å². The quantitative estimate of drug-likeness (QED) is 0.363. The normalized spacial score (nSPS) is 15.0. The molecule has 3 heterocycles. The molecule has 172 valence electrons. The molecule has 1 aliphatic heterocycles. The first-order chi connectivity index (χ1) is 16.1. The zero-order chi connectivity index (χ0) is 23.2. The lowest BCUT2D eigenvalue weighted by atomic mass is 10.1. The van der Waals surface area contributed by atoms with Crippen molar-refractivity contribution >= 4 is 18.0 Å². The predicted molar refractivity (Wildman–Crippen MR) is 123 cm³/mol. The summed E-state index contributed by atoms with van der Waals surface area (Å²) in [5.41, 5.74) is 3.14. The molecule has 1 saturated heterocycles.